The van der Waals surface area contributed by atoms with Crippen molar-refractivity contribution >= 4 is 17.6 Å². The molecule has 2 aromatic carbocycles. The monoisotopic (exact) mass is 440 g/mol. The van der Waals surface area contributed by atoms with Crippen molar-refractivity contribution in [3.05, 3.63) is 65.5 Å². The van der Waals surface area contributed by atoms with Gasteiger partial charge in [0.05, 0.1) is 17.9 Å². The van der Waals surface area contributed by atoms with Crippen LogP contribution in [0.4, 0.5) is 10.1 Å². The number of esters is 1. The molecule has 0 aromatic heterocycles. The molecule has 6 nitrogen and oxygen atoms in total. The van der Waals surface area contributed by atoms with Crippen molar-refractivity contribution in [2.24, 2.45) is 5.92 Å². The van der Waals surface area contributed by atoms with E-state index >= 15 is 0 Å². The van der Waals surface area contributed by atoms with Crippen LogP contribution in [-0.2, 0) is 16.1 Å². The molecule has 7 heteroatoms. The van der Waals surface area contributed by atoms with Crippen molar-refractivity contribution in [1.82, 2.24) is 4.90 Å². The zero-order valence-corrected chi connectivity index (χ0v) is 18.1. The van der Waals surface area contributed by atoms with Gasteiger partial charge in [-0.15, -0.1) is 0 Å². The van der Waals surface area contributed by atoms with Gasteiger partial charge >= 0.3 is 5.97 Å². The van der Waals surface area contributed by atoms with Crippen molar-refractivity contribution in [1.29, 1.82) is 0 Å². The van der Waals surface area contributed by atoms with E-state index in [0.717, 1.165) is 0 Å². The lowest BCUT2D eigenvalue weighted by Crippen LogP contribution is -2.51. The molecule has 1 aliphatic carbocycles. The number of amides is 1. The SMILES string of the molecule is O=C(O[C@H]1CC[C@@H](C(=O)N2CCN(c3cccc(CO)c3F)CC2)CC1)c1ccccc1. The van der Waals surface area contributed by atoms with Crippen LogP contribution in [-0.4, -0.2) is 54.2 Å². The summed E-state index contributed by atoms with van der Waals surface area (Å²) in [7, 11) is 0. The second-order valence-electron chi connectivity index (χ2n) is 8.47. The highest BCUT2D eigenvalue weighted by Crippen LogP contribution is 2.29. The first-order valence-electron chi connectivity index (χ1n) is 11.2. The zero-order valence-electron chi connectivity index (χ0n) is 18.1. The molecule has 1 N–H and O–H groups in total. The summed E-state index contributed by atoms with van der Waals surface area (Å²) in [6, 6.07) is 14.0. The predicted molar refractivity (Wildman–Crippen MR) is 119 cm³/mol. The van der Waals surface area contributed by atoms with Gasteiger partial charge in [0.2, 0.25) is 5.91 Å². The molecule has 0 bridgehead atoms. The average Bonchev–Trinajstić information content (AvgIpc) is 2.85. The number of nitrogens with zero attached hydrogens (tertiary/aromatic N) is 2. The molecule has 1 aliphatic heterocycles. The Morgan fingerprint density at radius 3 is 2.28 bits per heavy atom. The van der Waals surface area contributed by atoms with Crippen molar-refractivity contribution in [3.63, 3.8) is 0 Å². The topological polar surface area (TPSA) is 70.1 Å². The number of aliphatic hydroxyl groups excluding tert-OH is 1. The number of rotatable bonds is 5. The number of ether oxygens (including phenoxy) is 1. The summed E-state index contributed by atoms with van der Waals surface area (Å²) in [5.74, 6) is -0.614. The van der Waals surface area contributed by atoms with Gasteiger partial charge in [-0.25, -0.2) is 9.18 Å². The Bertz CT molecular complexity index is 936. The predicted octanol–water partition coefficient (Wildman–Crippen LogP) is 3.38. The molecule has 2 fully saturated rings. The fraction of sp³-hybridized carbons (Fsp3) is 0.440. The lowest BCUT2D eigenvalue weighted by atomic mass is 9.86. The lowest BCUT2D eigenvalue weighted by molar-refractivity contribution is -0.137. The summed E-state index contributed by atoms with van der Waals surface area (Å²) in [6.45, 7) is 1.87. The Morgan fingerprint density at radius 2 is 1.62 bits per heavy atom. The van der Waals surface area contributed by atoms with Crippen LogP contribution in [0.15, 0.2) is 48.5 Å². The quantitative estimate of drug-likeness (QED) is 0.722. The molecule has 4 rings (SSSR count). The van der Waals surface area contributed by atoms with Crippen LogP contribution < -0.4 is 4.90 Å². The zero-order chi connectivity index (χ0) is 22.5. The first-order valence-corrected chi connectivity index (χ1v) is 11.2. The Hall–Kier alpha value is -2.93. The Labute approximate surface area is 187 Å². The molecule has 1 saturated carbocycles. The number of benzene rings is 2. The van der Waals surface area contributed by atoms with Gasteiger partial charge < -0.3 is 19.6 Å². The number of carbonyl (C=O) groups is 2. The molecular formula is C25H29FN2O4. The standard InChI is InChI=1S/C25H29FN2O4/c26-23-20(17-29)7-4-8-22(23)27-13-15-28(16-14-27)24(30)18-9-11-21(12-10-18)32-25(31)19-5-2-1-3-6-19/h1-8,18,21,29H,9-17H2/t18-,21+. The highest BCUT2D eigenvalue weighted by atomic mass is 19.1. The third-order valence-electron chi connectivity index (χ3n) is 6.47. The van der Waals surface area contributed by atoms with Crippen molar-refractivity contribution in [3.8, 4) is 0 Å². The minimum absolute atomic E-state index is 0.0531. The summed E-state index contributed by atoms with van der Waals surface area (Å²) in [5, 5.41) is 9.29. The van der Waals surface area contributed by atoms with E-state index in [1.165, 1.54) is 0 Å². The van der Waals surface area contributed by atoms with Gasteiger partial charge in [-0.1, -0.05) is 30.3 Å². The third kappa shape index (κ3) is 4.93. The third-order valence-corrected chi connectivity index (χ3v) is 6.47. The van der Waals surface area contributed by atoms with E-state index in [1.54, 1.807) is 30.3 Å². The highest BCUT2D eigenvalue weighted by molar-refractivity contribution is 5.89. The van der Waals surface area contributed by atoms with Gasteiger partial charge in [0.25, 0.3) is 0 Å². The number of hydrogen-bond acceptors (Lipinski definition) is 5. The molecule has 0 unspecified atom stereocenters. The smallest absolute Gasteiger partial charge is 0.338 e. The van der Waals surface area contributed by atoms with Gasteiger partial charge in [0.15, 0.2) is 5.82 Å². The Morgan fingerprint density at radius 1 is 0.938 bits per heavy atom. The van der Waals surface area contributed by atoms with E-state index in [4.69, 9.17) is 4.74 Å². The second kappa shape index (κ2) is 10.1. The maximum atomic E-state index is 14.5. The van der Waals surface area contributed by atoms with Crippen LogP contribution in [0, 0.1) is 11.7 Å². The van der Waals surface area contributed by atoms with Gasteiger partial charge in [-0.3, -0.25) is 4.79 Å². The van der Waals surface area contributed by atoms with Crippen LogP contribution in [0.1, 0.15) is 41.6 Å². The van der Waals surface area contributed by atoms with Gasteiger partial charge in [0.1, 0.15) is 6.10 Å². The van der Waals surface area contributed by atoms with Gasteiger partial charge in [0, 0.05) is 37.7 Å². The molecule has 0 atom stereocenters. The van der Waals surface area contributed by atoms with Gasteiger partial charge in [-0.05, 0) is 43.9 Å². The van der Waals surface area contributed by atoms with Crippen molar-refractivity contribution in [2.75, 3.05) is 31.1 Å². The molecule has 2 aromatic rings. The summed E-state index contributed by atoms with van der Waals surface area (Å²) in [6.07, 6.45) is 2.64. The van der Waals surface area contributed by atoms with E-state index in [-0.39, 0.29) is 36.1 Å². The number of hydrogen-bond donors (Lipinski definition) is 1. The van der Waals surface area contributed by atoms with Crippen molar-refractivity contribution < 1.29 is 23.8 Å². The summed E-state index contributed by atoms with van der Waals surface area (Å²) < 4.78 is 20.1. The van der Waals surface area contributed by atoms with E-state index in [2.05, 4.69) is 0 Å². The van der Waals surface area contributed by atoms with Crippen molar-refractivity contribution in [2.45, 2.75) is 38.4 Å². The second-order valence-corrected chi connectivity index (χ2v) is 8.47. The molecule has 0 radical (unpaired) electrons. The molecule has 2 aliphatic rings. The van der Waals surface area contributed by atoms with Crippen LogP contribution in [0.3, 0.4) is 0 Å². The Balaban J connectivity index is 1.25. The Kier molecular flexibility index (Phi) is 7.05. The minimum atomic E-state index is -0.391. The fourth-order valence-electron chi connectivity index (χ4n) is 4.58. The number of halogens is 1. The molecule has 0 spiro atoms. The molecule has 170 valence electrons. The van der Waals surface area contributed by atoms with E-state index < -0.39 is 5.82 Å². The molecule has 32 heavy (non-hydrogen) atoms. The van der Waals surface area contributed by atoms with Gasteiger partial charge in [-0.2, -0.15) is 0 Å². The first kappa shape index (κ1) is 22.3. The first-order chi connectivity index (χ1) is 15.6. The van der Waals surface area contributed by atoms with Crippen LogP contribution in [0.2, 0.25) is 0 Å². The molecule has 1 amide bonds. The largest absolute Gasteiger partial charge is 0.459 e. The maximum Gasteiger partial charge on any atom is 0.338 e. The van der Waals surface area contributed by atoms with Crippen LogP contribution in [0.25, 0.3) is 0 Å². The maximum absolute atomic E-state index is 14.5. The lowest BCUT2D eigenvalue weighted by Gasteiger charge is -2.39. The van der Waals surface area contributed by atoms with E-state index in [1.807, 2.05) is 28.0 Å². The molecule has 1 heterocycles. The number of carbonyl (C=O) groups excluding carboxylic acids is 2. The fourth-order valence-corrected chi connectivity index (χ4v) is 4.58. The molecular weight excluding hydrogens is 411 g/mol. The number of anilines is 1. The highest BCUT2D eigenvalue weighted by Gasteiger charge is 2.32. The number of aliphatic hydroxyl groups is 1. The number of piperazine rings is 1. The van der Waals surface area contributed by atoms with E-state index in [9.17, 15) is 19.1 Å². The summed E-state index contributed by atoms with van der Waals surface area (Å²) in [5.41, 5.74) is 1.31. The average molecular weight is 441 g/mol. The van der Waals surface area contributed by atoms with E-state index in [0.29, 0.717) is 63.1 Å². The molecule has 1 saturated heterocycles. The minimum Gasteiger partial charge on any atom is -0.459 e. The summed E-state index contributed by atoms with van der Waals surface area (Å²) in [4.78, 5) is 29.0. The normalized spacial score (nSPS) is 21.3. The summed E-state index contributed by atoms with van der Waals surface area (Å²) >= 11 is 0. The van der Waals surface area contributed by atoms with Crippen LogP contribution >= 0.6 is 0 Å². The van der Waals surface area contributed by atoms with Crippen LogP contribution in [0.5, 0.6) is 0 Å².